The second-order valence-electron chi connectivity index (χ2n) is 5.19. The summed E-state index contributed by atoms with van der Waals surface area (Å²) in [6.45, 7) is 0. The van der Waals surface area contributed by atoms with Crippen molar-refractivity contribution >= 4 is 39.9 Å². The predicted molar refractivity (Wildman–Crippen MR) is 90.0 cm³/mol. The van der Waals surface area contributed by atoms with Crippen molar-refractivity contribution in [2.75, 3.05) is 5.32 Å². The van der Waals surface area contributed by atoms with Crippen LogP contribution in [0.15, 0.2) is 42.5 Å². The molecule has 3 rings (SSSR count). The molecular formula is C16H14ClFIN. The molecular weight excluding hydrogens is 388 g/mol. The lowest BCUT2D eigenvalue weighted by atomic mass is 9.76. The zero-order chi connectivity index (χ0) is 14.1. The van der Waals surface area contributed by atoms with Gasteiger partial charge in [-0.25, -0.2) is 4.39 Å². The van der Waals surface area contributed by atoms with Gasteiger partial charge >= 0.3 is 0 Å². The van der Waals surface area contributed by atoms with E-state index in [1.165, 1.54) is 11.6 Å². The summed E-state index contributed by atoms with van der Waals surface area (Å²) in [6.07, 6.45) is 2.21. The van der Waals surface area contributed by atoms with Gasteiger partial charge in [-0.2, -0.15) is 0 Å². The summed E-state index contributed by atoms with van der Waals surface area (Å²) in [5.74, 6) is 0.412. The molecule has 1 aliphatic rings. The number of rotatable bonds is 3. The highest BCUT2D eigenvalue weighted by molar-refractivity contribution is 14.1. The summed E-state index contributed by atoms with van der Waals surface area (Å²) in [4.78, 5) is 0. The topological polar surface area (TPSA) is 12.0 Å². The lowest BCUT2D eigenvalue weighted by molar-refractivity contribution is 0.374. The van der Waals surface area contributed by atoms with Crippen molar-refractivity contribution in [1.82, 2.24) is 0 Å². The monoisotopic (exact) mass is 401 g/mol. The minimum Gasteiger partial charge on any atom is -0.381 e. The minimum atomic E-state index is -0.187. The Balaban J connectivity index is 1.59. The molecule has 2 aromatic carbocycles. The van der Waals surface area contributed by atoms with E-state index in [2.05, 4.69) is 40.0 Å². The Labute approximate surface area is 136 Å². The van der Waals surface area contributed by atoms with Gasteiger partial charge in [-0.3, -0.25) is 0 Å². The van der Waals surface area contributed by atoms with E-state index in [0.29, 0.717) is 12.0 Å². The molecule has 0 saturated heterocycles. The third-order valence-electron chi connectivity index (χ3n) is 3.77. The molecule has 1 fully saturated rings. The second-order valence-corrected chi connectivity index (χ2v) is 6.78. The molecule has 0 heterocycles. The Morgan fingerprint density at radius 2 is 1.80 bits per heavy atom. The summed E-state index contributed by atoms with van der Waals surface area (Å²) >= 11 is 8.06. The maximum Gasteiger partial charge on any atom is 0.124 e. The van der Waals surface area contributed by atoms with Crippen LogP contribution < -0.4 is 5.32 Å². The average molecular weight is 402 g/mol. The van der Waals surface area contributed by atoms with Crippen LogP contribution in [0.5, 0.6) is 0 Å². The fraction of sp³-hybridized carbons (Fsp3) is 0.250. The molecule has 0 atom stereocenters. The third-order valence-corrected chi connectivity index (χ3v) is 4.91. The first-order chi connectivity index (χ1) is 9.61. The van der Waals surface area contributed by atoms with Crippen molar-refractivity contribution < 1.29 is 4.39 Å². The zero-order valence-electron chi connectivity index (χ0n) is 10.7. The van der Waals surface area contributed by atoms with Crippen LogP contribution in [0, 0.1) is 9.39 Å². The molecule has 1 nitrogen and oxygen atoms in total. The first-order valence-electron chi connectivity index (χ1n) is 6.59. The Morgan fingerprint density at radius 1 is 1.10 bits per heavy atom. The summed E-state index contributed by atoms with van der Waals surface area (Å²) in [5, 5.41) is 4.27. The highest BCUT2D eigenvalue weighted by Gasteiger charge is 2.30. The Hall–Kier alpha value is -0.810. The molecule has 0 spiro atoms. The van der Waals surface area contributed by atoms with Gasteiger partial charge in [0.1, 0.15) is 5.82 Å². The number of halogens is 3. The number of nitrogens with one attached hydrogen (secondary N) is 1. The van der Waals surface area contributed by atoms with Gasteiger partial charge in [0.2, 0.25) is 0 Å². The number of benzene rings is 2. The first-order valence-corrected chi connectivity index (χ1v) is 8.04. The largest absolute Gasteiger partial charge is 0.381 e. The van der Waals surface area contributed by atoms with E-state index in [1.54, 1.807) is 6.07 Å². The standard InChI is InChI=1S/C16H14ClFIN/c17-12-3-1-10(2-4-12)11-7-14(8-11)20-16-6-5-13(18)9-15(16)19/h1-6,9,11,14,20H,7-8H2. The molecule has 1 aliphatic carbocycles. The van der Waals surface area contributed by atoms with Gasteiger partial charge in [0, 0.05) is 20.3 Å². The maximum atomic E-state index is 13.1. The molecule has 4 heteroatoms. The fourth-order valence-corrected chi connectivity index (χ4v) is 3.33. The molecule has 0 bridgehead atoms. The van der Waals surface area contributed by atoms with Crippen LogP contribution in [-0.2, 0) is 0 Å². The van der Waals surface area contributed by atoms with E-state index in [0.717, 1.165) is 27.1 Å². The molecule has 0 aromatic heterocycles. The van der Waals surface area contributed by atoms with Gasteiger partial charge in [-0.15, -0.1) is 0 Å². The first kappa shape index (κ1) is 14.1. The normalized spacial score (nSPS) is 21.4. The van der Waals surface area contributed by atoms with E-state index < -0.39 is 0 Å². The summed E-state index contributed by atoms with van der Waals surface area (Å²) in [7, 11) is 0. The third kappa shape index (κ3) is 3.09. The number of hydrogen-bond donors (Lipinski definition) is 1. The predicted octanol–water partition coefficient (Wildman–Crippen LogP) is 5.44. The molecule has 0 radical (unpaired) electrons. The van der Waals surface area contributed by atoms with Crippen LogP contribution in [0.3, 0.4) is 0 Å². The highest BCUT2D eigenvalue weighted by atomic mass is 127. The van der Waals surface area contributed by atoms with Gasteiger partial charge in [0.15, 0.2) is 0 Å². The molecule has 2 aromatic rings. The molecule has 1 N–H and O–H groups in total. The molecule has 0 aliphatic heterocycles. The molecule has 104 valence electrons. The van der Waals surface area contributed by atoms with E-state index in [1.807, 2.05) is 18.2 Å². The second kappa shape index (κ2) is 5.90. The quantitative estimate of drug-likeness (QED) is 0.675. The van der Waals surface area contributed by atoms with Gasteiger partial charge in [0.05, 0.1) is 0 Å². The maximum absolute atomic E-state index is 13.1. The van der Waals surface area contributed by atoms with Crippen LogP contribution in [0.1, 0.15) is 24.3 Å². The van der Waals surface area contributed by atoms with Crippen LogP contribution >= 0.6 is 34.2 Å². The van der Waals surface area contributed by atoms with Gasteiger partial charge in [-0.1, -0.05) is 23.7 Å². The Kier molecular flexibility index (Phi) is 4.17. The zero-order valence-corrected chi connectivity index (χ0v) is 13.7. The molecule has 0 unspecified atom stereocenters. The molecule has 0 amide bonds. The number of hydrogen-bond acceptors (Lipinski definition) is 1. The minimum absolute atomic E-state index is 0.187. The van der Waals surface area contributed by atoms with Crippen molar-refractivity contribution in [3.8, 4) is 0 Å². The van der Waals surface area contributed by atoms with Crippen molar-refractivity contribution in [2.24, 2.45) is 0 Å². The Bertz CT molecular complexity index is 608. The van der Waals surface area contributed by atoms with Gasteiger partial charge in [-0.05, 0) is 77.2 Å². The van der Waals surface area contributed by atoms with E-state index >= 15 is 0 Å². The Morgan fingerprint density at radius 3 is 2.45 bits per heavy atom. The fourth-order valence-electron chi connectivity index (χ4n) is 2.57. The van der Waals surface area contributed by atoms with Crippen LogP contribution in [-0.4, -0.2) is 6.04 Å². The van der Waals surface area contributed by atoms with Crippen molar-refractivity contribution in [2.45, 2.75) is 24.8 Å². The van der Waals surface area contributed by atoms with E-state index in [-0.39, 0.29) is 5.82 Å². The van der Waals surface area contributed by atoms with Crippen LogP contribution in [0.4, 0.5) is 10.1 Å². The van der Waals surface area contributed by atoms with Crippen molar-refractivity contribution in [1.29, 1.82) is 0 Å². The molecule has 20 heavy (non-hydrogen) atoms. The summed E-state index contributed by atoms with van der Waals surface area (Å²) in [5.41, 5.74) is 2.37. The highest BCUT2D eigenvalue weighted by Crippen LogP contribution is 2.39. The van der Waals surface area contributed by atoms with Crippen LogP contribution in [0.2, 0.25) is 5.02 Å². The van der Waals surface area contributed by atoms with Crippen molar-refractivity contribution in [3.05, 3.63) is 62.4 Å². The average Bonchev–Trinajstić information content (AvgIpc) is 2.37. The lowest BCUT2D eigenvalue weighted by Gasteiger charge is -2.37. The summed E-state index contributed by atoms with van der Waals surface area (Å²) < 4.78 is 14.0. The van der Waals surface area contributed by atoms with E-state index in [4.69, 9.17) is 11.6 Å². The molecule has 1 saturated carbocycles. The van der Waals surface area contributed by atoms with Gasteiger partial charge in [0.25, 0.3) is 0 Å². The van der Waals surface area contributed by atoms with Crippen molar-refractivity contribution in [3.63, 3.8) is 0 Å². The summed E-state index contributed by atoms with van der Waals surface area (Å²) in [6, 6.07) is 13.4. The SMILES string of the molecule is Fc1ccc(NC2CC(c3ccc(Cl)cc3)C2)c(I)c1. The lowest BCUT2D eigenvalue weighted by Crippen LogP contribution is -2.34. The smallest absolute Gasteiger partial charge is 0.124 e. The number of anilines is 1. The van der Waals surface area contributed by atoms with Crippen LogP contribution in [0.25, 0.3) is 0 Å². The van der Waals surface area contributed by atoms with E-state index in [9.17, 15) is 4.39 Å². The van der Waals surface area contributed by atoms with Gasteiger partial charge < -0.3 is 5.32 Å².